The molecule has 0 radical (unpaired) electrons. The third kappa shape index (κ3) is 1.37. The number of nitrogens with two attached hydrogens (primary N) is 1. The number of hydrogen-bond acceptors (Lipinski definition) is 4. The molecule has 0 atom stereocenters. The molecule has 0 aromatic carbocycles. The summed E-state index contributed by atoms with van der Waals surface area (Å²) in [5.41, 5.74) is 8.42. The predicted molar refractivity (Wildman–Crippen MR) is 66.4 cm³/mol. The van der Waals surface area contributed by atoms with Gasteiger partial charge in [0.15, 0.2) is 11.5 Å². The lowest BCUT2D eigenvalue weighted by atomic mass is 10.3. The minimum absolute atomic E-state index is 0.494. The van der Waals surface area contributed by atoms with E-state index in [0.29, 0.717) is 11.5 Å². The van der Waals surface area contributed by atoms with Crippen LogP contribution in [0.2, 0.25) is 0 Å². The minimum atomic E-state index is 0.494. The van der Waals surface area contributed by atoms with Gasteiger partial charge in [-0.25, -0.2) is 9.97 Å². The number of rotatable bonds is 1. The molecule has 3 heterocycles. The number of anilines is 1. The SMILES string of the molecule is Cc1ccsc1-c1nc2nc(N)ccc2[nH]1. The van der Waals surface area contributed by atoms with Gasteiger partial charge >= 0.3 is 0 Å². The maximum atomic E-state index is 5.62. The molecule has 0 unspecified atom stereocenters. The number of thiophene rings is 1. The molecule has 0 amide bonds. The second-order valence-corrected chi connectivity index (χ2v) is 4.54. The molecule has 4 nitrogen and oxygen atoms in total. The van der Waals surface area contributed by atoms with Crippen molar-refractivity contribution >= 4 is 28.3 Å². The van der Waals surface area contributed by atoms with E-state index >= 15 is 0 Å². The Balaban J connectivity index is 2.23. The Morgan fingerprint density at radius 2 is 2.12 bits per heavy atom. The van der Waals surface area contributed by atoms with Crippen molar-refractivity contribution in [3.8, 4) is 10.7 Å². The summed E-state index contributed by atoms with van der Waals surface area (Å²) in [5, 5.41) is 2.06. The van der Waals surface area contributed by atoms with Crippen molar-refractivity contribution in [2.75, 3.05) is 5.73 Å². The van der Waals surface area contributed by atoms with E-state index < -0.39 is 0 Å². The normalized spacial score (nSPS) is 11.1. The molecular weight excluding hydrogens is 220 g/mol. The molecule has 0 saturated heterocycles. The minimum Gasteiger partial charge on any atom is -0.384 e. The van der Waals surface area contributed by atoms with Crippen LogP contribution in [0, 0.1) is 6.92 Å². The quantitative estimate of drug-likeness (QED) is 0.675. The van der Waals surface area contributed by atoms with Crippen LogP contribution in [0.15, 0.2) is 23.6 Å². The zero-order valence-corrected chi connectivity index (χ0v) is 9.51. The molecule has 3 N–H and O–H groups in total. The van der Waals surface area contributed by atoms with E-state index in [0.717, 1.165) is 16.2 Å². The Labute approximate surface area is 96.2 Å². The molecule has 0 aliphatic rings. The second kappa shape index (κ2) is 3.31. The smallest absolute Gasteiger partial charge is 0.180 e. The fourth-order valence-corrected chi connectivity index (χ4v) is 2.50. The molecule has 0 aliphatic carbocycles. The number of nitrogens with zero attached hydrogens (tertiary/aromatic N) is 2. The van der Waals surface area contributed by atoms with E-state index in [9.17, 15) is 0 Å². The highest BCUT2D eigenvalue weighted by molar-refractivity contribution is 7.13. The summed E-state index contributed by atoms with van der Waals surface area (Å²) in [6.07, 6.45) is 0. The highest BCUT2D eigenvalue weighted by atomic mass is 32.1. The third-order valence-corrected chi connectivity index (χ3v) is 3.47. The van der Waals surface area contributed by atoms with Gasteiger partial charge in [0, 0.05) is 0 Å². The van der Waals surface area contributed by atoms with E-state index in [-0.39, 0.29) is 0 Å². The Kier molecular flexibility index (Phi) is 1.94. The van der Waals surface area contributed by atoms with Gasteiger partial charge in [0.25, 0.3) is 0 Å². The Bertz CT molecular complexity index is 653. The lowest BCUT2D eigenvalue weighted by Crippen LogP contribution is -1.88. The fraction of sp³-hybridized carbons (Fsp3) is 0.0909. The van der Waals surface area contributed by atoms with Crippen LogP contribution in [0.5, 0.6) is 0 Å². The van der Waals surface area contributed by atoms with E-state index in [1.807, 2.05) is 6.07 Å². The number of pyridine rings is 1. The van der Waals surface area contributed by atoms with Crippen LogP contribution in [0.4, 0.5) is 5.82 Å². The molecule has 0 aliphatic heterocycles. The highest BCUT2D eigenvalue weighted by Crippen LogP contribution is 2.28. The lowest BCUT2D eigenvalue weighted by Gasteiger charge is -1.91. The summed E-state index contributed by atoms with van der Waals surface area (Å²) in [6.45, 7) is 2.07. The van der Waals surface area contributed by atoms with Gasteiger partial charge in [0.05, 0.1) is 10.4 Å². The first-order chi connectivity index (χ1) is 7.74. The van der Waals surface area contributed by atoms with Crippen LogP contribution in [0.3, 0.4) is 0 Å². The molecule has 0 fully saturated rings. The van der Waals surface area contributed by atoms with E-state index in [4.69, 9.17) is 5.73 Å². The zero-order valence-electron chi connectivity index (χ0n) is 8.69. The molecule has 3 aromatic rings. The average molecular weight is 230 g/mol. The maximum absolute atomic E-state index is 5.62. The number of aromatic amines is 1. The summed E-state index contributed by atoms with van der Waals surface area (Å²) < 4.78 is 0. The van der Waals surface area contributed by atoms with E-state index in [1.54, 1.807) is 17.4 Å². The number of nitrogen functional groups attached to an aromatic ring is 1. The summed E-state index contributed by atoms with van der Waals surface area (Å²) >= 11 is 1.67. The van der Waals surface area contributed by atoms with Crippen molar-refractivity contribution in [3.05, 3.63) is 29.1 Å². The van der Waals surface area contributed by atoms with E-state index in [1.165, 1.54) is 5.56 Å². The average Bonchev–Trinajstić information content (AvgIpc) is 2.82. The summed E-state index contributed by atoms with van der Waals surface area (Å²) in [6, 6.07) is 5.75. The molecule has 0 spiro atoms. The standard InChI is InChI=1S/C11H10N4S/c1-6-4-5-16-9(6)11-13-7-2-3-8(12)14-10(7)15-11/h2-5H,1H3,(H3,12,13,14,15). The highest BCUT2D eigenvalue weighted by Gasteiger charge is 2.09. The lowest BCUT2D eigenvalue weighted by molar-refractivity contribution is 1.31. The molecule has 0 saturated carbocycles. The van der Waals surface area contributed by atoms with Gasteiger partial charge in [-0.05, 0) is 36.1 Å². The third-order valence-electron chi connectivity index (χ3n) is 2.44. The Morgan fingerprint density at radius 3 is 2.88 bits per heavy atom. The van der Waals surface area contributed by atoms with Gasteiger partial charge in [0.1, 0.15) is 5.82 Å². The molecule has 80 valence electrons. The first-order valence-electron chi connectivity index (χ1n) is 4.91. The fourth-order valence-electron chi connectivity index (χ4n) is 1.63. The summed E-state index contributed by atoms with van der Waals surface area (Å²) in [4.78, 5) is 13.0. The second-order valence-electron chi connectivity index (χ2n) is 3.63. The first-order valence-corrected chi connectivity index (χ1v) is 5.79. The molecule has 3 aromatic heterocycles. The molecule has 5 heteroatoms. The number of aromatic nitrogens is 3. The Hall–Kier alpha value is -1.88. The largest absolute Gasteiger partial charge is 0.384 e. The van der Waals surface area contributed by atoms with Crippen molar-refractivity contribution in [1.82, 2.24) is 15.0 Å². The van der Waals surface area contributed by atoms with Crippen molar-refractivity contribution in [2.45, 2.75) is 6.92 Å². The first kappa shape index (κ1) is 9.35. The topological polar surface area (TPSA) is 67.6 Å². The number of aryl methyl sites for hydroxylation is 1. The number of H-pyrrole nitrogens is 1. The maximum Gasteiger partial charge on any atom is 0.180 e. The molecular formula is C11H10N4S. The van der Waals surface area contributed by atoms with E-state index in [2.05, 4.69) is 33.3 Å². The zero-order chi connectivity index (χ0) is 11.1. The number of hydrogen-bond donors (Lipinski definition) is 2. The van der Waals surface area contributed by atoms with Crippen LogP contribution in [0.25, 0.3) is 21.9 Å². The summed E-state index contributed by atoms with van der Waals surface area (Å²) in [7, 11) is 0. The van der Waals surface area contributed by atoms with Gasteiger partial charge in [-0.15, -0.1) is 11.3 Å². The van der Waals surface area contributed by atoms with Crippen LogP contribution in [-0.2, 0) is 0 Å². The van der Waals surface area contributed by atoms with Gasteiger partial charge < -0.3 is 10.7 Å². The van der Waals surface area contributed by atoms with Crippen molar-refractivity contribution in [1.29, 1.82) is 0 Å². The van der Waals surface area contributed by atoms with Crippen LogP contribution < -0.4 is 5.73 Å². The van der Waals surface area contributed by atoms with Gasteiger partial charge in [-0.2, -0.15) is 0 Å². The monoisotopic (exact) mass is 230 g/mol. The molecule has 16 heavy (non-hydrogen) atoms. The Morgan fingerprint density at radius 1 is 1.25 bits per heavy atom. The van der Waals surface area contributed by atoms with Gasteiger partial charge in [0.2, 0.25) is 0 Å². The molecule has 3 rings (SSSR count). The van der Waals surface area contributed by atoms with Crippen molar-refractivity contribution < 1.29 is 0 Å². The van der Waals surface area contributed by atoms with Crippen molar-refractivity contribution in [2.24, 2.45) is 0 Å². The molecule has 0 bridgehead atoms. The van der Waals surface area contributed by atoms with Crippen molar-refractivity contribution in [3.63, 3.8) is 0 Å². The number of fused-ring (bicyclic) bond motifs is 1. The summed E-state index contributed by atoms with van der Waals surface area (Å²) in [5.74, 6) is 1.36. The number of nitrogens with one attached hydrogen (secondary N) is 1. The van der Waals surface area contributed by atoms with Crippen LogP contribution in [-0.4, -0.2) is 15.0 Å². The predicted octanol–water partition coefficient (Wildman–Crippen LogP) is 2.58. The number of imidazole rings is 1. The van der Waals surface area contributed by atoms with Crippen LogP contribution in [0.1, 0.15) is 5.56 Å². The van der Waals surface area contributed by atoms with Crippen LogP contribution >= 0.6 is 11.3 Å². The van der Waals surface area contributed by atoms with Gasteiger partial charge in [-0.1, -0.05) is 0 Å². The van der Waals surface area contributed by atoms with Gasteiger partial charge in [-0.3, -0.25) is 0 Å².